The van der Waals surface area contributed by atoms with Crippen molar-refractivity contribution < 1.29 is 4.79 Å². The molecule has 0 heterocycles. The van der Waals surface area contributed by atoms with E-state index in [1.165, 1.54) is 0 Å². The van der Waals surface area contributed by atoms with Crippen LogP contribution in [-0.4, -0.2) is 23.9 Å². The summed E-state index contributed by atoms with van der Waals surface area (Å²) < 4.78 is 0. The van der Waals surface area contributed by atoms with Crippen molar-refractivity contribution in [1.29, 1.82) is 5.26 Å². The second-order valence-corrected chi connectivity index (χ2v) is 7.36. The molecular weight excluding hydrogens is 248 g/mol. The van der Waals surface area contributed by atoms with Crippen molar-refractivity contribution in [3.05, 3.63) is 0 Å². The van der Waals surface area contributed by atoms with Crippen LogP contribution in [0.3, 0.4) is 0 Å². The Hall–Kier alpha value is -1.04. The quantitative estimate of drug-likeness (QED) is 0.710. The van der Waals surface area contributed by atoms with Gasteiger partial charge in [-0.2, -0.15) is 5.26 Å². The third-order valence-electron chi connectivity index (χ3n) is 4.26. The van der Waals surface area contributed by atoms with Crippen LogP contribution < -0.4 is 0 Å². The average molecular weight is 278 g/mol. The molecule has 1 aliphatic carbocycles. The molecule has 0 aromatic rings. The maximum absolute atomic E-state index is 12.8. The van der Waals surface area contributed by atoms with Crippen LogP contribution in [0.2, 0.25) is 0 Å². The lowest BCUT2D eigenvalue weighted by Gasteiger charge is -2.42. The molecule has 0 aromatic heterocycles. The van der Waals surface area contributed by atoms with Gasteiger partial charge in [0.2, 0.25) is 5.91 Å². The Labute approximate surface area is 124 Å². The second-order valence-electron chi connectivity index (χ2n) is 7.36. The molecule has 20 heavy (non-hydrogen) atoms. The zero-order valence-electron chi connectivity index (χ0n) is 13.8. The Balaban J connectivity index is 2.70. The van der Waals surface area contributed by atoms with Gasteiger partial charge >= 0.3 is 0 Å². The molecule has 3 heteroatoms. The smallest absolute Gasteiger partial charge is 0.243 e. The molecule has 1 aliphatic rings. The Bertz CT molecular complexity index is 350. The standard InChI is InChI=1S/C17H30N2O/c1-13(2)6-8-19(9-7-14(3)4)16(20)17(12-18)10-15(5)11-17/h13-15H,6-11H2,1-5H3. The molecule has 3 nitrogen and oxygen atoms in total. The van der Waals surface area contributed by atoms with E-state index in [-0.39, 0.29) is 5.91 Å². The fraction of sp³-hybridized carbons (Fsp3) is 0.882. The van der Waals surface area contributed by atoms with Crippen LogP contribution in [0.4, 0.5) is 0 Å². The molecule has 114 valence electrons. The molecular formula is C17H30N2O. The van der Waals surface area contributed by atoms with Gasteiger partial charge in [-0.25, -0.2) is 0 Å². The minimum atomic E-state index is -0.715. The maximum Gasteiger partial charge on any atom is 0.243 e. The Kier molecular flexibility index (Phi) is 6.05. The van der Waals surface area contributed by atoms with Crippen molar-refractivity contribution >= 4 is 5.91 Å². The summed E-state index contributed by atoms with van der Waals surface area (Å²) in [7, 11) is 0. The van der Waals surface area contributed by atoms with Crippen LogP contribution >= 0.6 is 0 Å². The van der Waals surface area contributed by atoms with Crippen LogP contribution in [0, 0.1) is 34.5 Å². The highest BCUT2D eigenvalue weighted by atomic mass is 16.2. The van der Waals surface area contributed by atoms with Crippen molar-refractivity contribution in [1.82, 2.24) is 4.90 Å². The third kappa shape index (κ3) is 4.23. The van der Waals surface area contributed by atoms with Crippen LogP contribution in [0.5, 0.6) is 0 Å². The van der Waals surface area contributed by atoms with E-state index >= 15 is 0 Å². The first-order valence-corrected chi connectivity index (χ1v) is 8.01. The van der Waals surface area contributed by atoms with E-state index in [1.807, 2.05) is 4.90 Å². The Morgan fingerprint density at radius 1 is 1.20 bits per heavy atom. The lowest BCUT2D eigenvalue weighted by atomic mass is 9.62. The van der Waals surface area contributed by atoms with E-state index in [0.29, 0.717) is 17.8 Å². The molecule has 0 N–H and O–H groups in total. The van der Waals surface area contributed by atoms with Crippen LogP contribution in [-0.2, 0) is 4.79 Å². The predicted molar refractivity (Wildman–Crippen MR) is 81.9 cm³/mol. The summed E-state index contributed by atoms with van der Waals surface area (Å²) in [5.74, 6) is 1.76. The summed E-state index contributed by atoms with van der Waals surface area (Å²) in [6, 6.07) is 2.31. The average Bonchev–Trinajstić information content (AvgIpc) is 2.33. The van der Waals surface area contributed by atoms with Gasteiger partial charge in [-0.3, -0.25) is 4.79 Å². The second kappa shape index (κ2) is 7.11. The van der Waals surface area contributed by atoms with Gasteiger partial charge in [-0.1, -0.05) is 34.6 Å². The largest absolute Gasteiger partial charge is 0.341 e. The summed E-state index contributed by atoms with van der Waals surface area (Å²) in [6.07, 6.45) is 3.51. The van der Waals surface area contributed by atoms with Crippen molar-refractivity contribution in [2.24, 2.45) is 23.2 Å². The van der Waals surface area contributed by atoms with E-state index in [1.54, 1.807) is 0 Å². The van der Waals surface area contributed by atoms with Crippen molar-refractivity contribution in [3.8, 4) is 6.07 Å². The summed E-state index contributed by atoms with van der Waals surface area (Å²) >= 11 is 0. The fourth-order valence-electron chi connectivity index (χ4n) is 2.89. The molecule has 1 saturated carbocycles. The molecule has 0 aromatic carbocycles. The van der Waals surface area contributed by atoms with Gasteiger partial charge < -0.3 is 4.90 Å². The van der Waals surface area contributed by atoms with Crippen LogP contribution in [0.25, 0.3) is 0 Å². The maximum atomic E-state index is 12.8. The number of carbonyl (C=O) groups is 1. The lowest BCUT2D eigenvalue weighted by molar-refractivity contribution is -0.145. The number of rotatable bonds is 7. The highest BCUT2D eigenvalue weighted by molar-refractivity contribution is 5.86. The minimum Gasteiger partial charge on any atom is -0.341 e. The van der Waals surface area contributed by atoms with Gasteiger partial charge in [0.25, 0.3) is 0 Å². The van der Waals surface area contributed by atoms with Gasteiger partial charge in [-0.15, -0.1) is 0 Å². The molecule has 1 amide bonds. The first-order chi connectivity index (χ1) is 9.30. The molecule has 0 radical (unpaired) electrons. The van der Waals surface area contributed by atoms with Gasteiger partial charge in [0.1, 0.15) is 5.41 Å². The molecule has 0 bridgehead atoms. The first kappa shape index (κ1) is 17.0. The minimum absolute atomic E-state index is 0.0828. The number of carbonyl (C=O) groups excluding carboxylic acids is 1. The predicted octanol–water partition coefficient (Wildman–Crippen LogP) is 3.85. The van der Waals surface area contributed by atoms with Gasteiger partial charge in [0, 0.05) is 13.1 Å². The van der Waals surface area contributed by atoms with Crippen molar-refractivity contribution in [3.63, 3.8) is 0 Å². The fourth-order valence-corrected chi connectivity index (χ4v) is 2.89. The van der Waals surface area contributed by atoms with Crippen LogP contribution in [0.1, 0.15) is 60.3 Å². The van der Waals surface area contributed by atoms with Crippen LogP contribution in [0.15, 0.2) is 0 Å². The summed E-state index contributed by atoms with van der Waals surface area (Å²) in [4.78, 5) is 14.7. The monoisotopic (exact) mass is 278 g/mol. The van der Waals surface area contributed by atoms with Gasteiger partial charge in [-0.05, 0) is 43.4 Å². The van der Waals surface area contributed by atoms with E-state index in [0.717, 1.165) is 38.8 Å². The van der Waals surface area contributed by atoms with Crippen molar-refractivity contribution in [2.75, 3.05) is 13.1 Å². The highest BCUT2D eigenvalue weighted by Crippen LogP contribution is 2.46. The van der Waals surface area contributed by atoms with E-state index in [9.17, 15) is 10.1 Å². The zero-order valence-corrected chi connectivity index (χ0v) is 13.8. The summed E-state index contributed by atoms with van der Waals surface area (Å²) in [5, 5.41) is 9.43. The normalized spacial score (nSPS) is 25.4. The van der Waals surface area contributed by atoms with Crippen molar-refractivity contribution in [2.45, 2.75) is 60.3 Å². The number of nitriles is 1. The molecule has 0 unspecified atom stereocenters. The molecule has 0 atom stereocenters. The zero-order chi connectivity index (χ0) is 15.3. The van der Waals surface area contributed by atoms with E-state index < -0.39 is 5.41 Å². The summed E-state index contributed by atoms with van der Waals surface area (Å²) in [5.41, 5.74) is -0.715. The number of amides is 1. The lowest BCUT2D eigenvalue weighted by Crippen LogP contribution is -2.50. The van der Waals surface area contributed by atoms with E-state index in [4.69, 9.17) is 0 Å². The van der Waals surface area contributed by atoms with Gasteiger partial charge in [0.15, 0.2) is 0 Å². The topological polar surface area (TPSA) is 44.1 Å². The molecule has 0 aliphatic heterocycles. The Morgan fingerprint density at radius 2 is 1.65 bits per heavy atom. The SMILES string of the molecule is CC(C)CCN(CCC(C)C)C(=O)C1(C#N)CC(C)C1. The number of hydrogen-bond acceptors (Lipinski definition) is 2. The van der Waals surface area contributed by atoms with E-state index in [2.05, 4.69) is 40.7 Å². The highest BCUT2D eigenvalue weighted by Gasteiger charge is 2.50. The third-order valence-corrected chi connectivity index (χ3v) is 4.26. The number of nitrogens with zero attached hydrogens (tertiary/aromatic N) is 2. The molecule has 1 rings (SSSR count). The number of hydrogen-bond donors (Lipinski definition) is 0. The summed E-state index contributed by atoms with van der Waals surface area (Å²) in [6.45, 7) is 12.4. The first-order valence-electron chi connectivity index (χ1n) is 8.01. The van der Waals surface area contributed by atoms with Gasteiger partial charge in [0.05, 0.1) is 6.07 Å². The molecule has 0 saturated heterocycles. The molecule has 1 fully saturated rings. The molecule has 0 spiro atoms. The Morgan fingerprint density at radius 3 is 1.95 bits per heavy atom.